The first-order valence-electron chi connectivity index (χ1n) is 8.86. The molecule has 0 radical (unpaired) electrons. The number of H-pyrrole nitrogens is 1. The average molecular weight is 492 g/mol. The molecule has 3 rings (SSSR count). The Bertz CT molecular complexity index is 938. The zero-order valence-electron chi connectivity index (χ0n) is 16.0. The fourth-order valence-corrected chi connectivity index (χ4v) is 2.85. The summed E-state index contributed by atoms with van der Waals surface area (Å²) in [5.74, 6) is 0.435. The van der Waals surface area contributed by atoms with Crippen LogP contribution in [0.2, 0.25) is 0 Å². The van der Waals surface area contributed by atoms with Crippen LogP contribution in [-0.2, 0) is 11.2 Å². The number of pyridine rings is 1. The lowest BCUT2D eigenvalue weighted by Gasteiger charge is -2.12. The molecule has 0 aliphatic carbocycles. The van der Waals surface area contributed by atoms with Crippen LogP contribution in [0.1, 0.15) is 11.1 Å². The number of benzene rings is 1. The minimum Gasteiger partial charge on any atom is -0.361 e. The molecule has 0 spiro atoms. The van der Waals surface area contributed by atoms with Crippen LogP contribution < -0.4 is 16.0 Å². The van der Waals surface area contributed by atoms with Crippen molar-refractivity contribution in [1.82, 2.24) is 20.6 Å². The van der Waals surface area contributed by atoms with E-state index in [1.54, 1.807) is 31.6 Å². The standard InChI is InChI=1S/C20H24N6O.HI/c1-14-5-6-17-15(11-24-18(17)10-14)7-9-23-20(21-2)25-13-19(27)26-16-4-3-8-22-12-16;/h3-6,8,10-12,24H,7,9,13H2,1-2H3,(H,26,27)(H2,21,23,25);1H. The molecule has 0 fully saturated rings. The molecule has 7 nitrogen and oxygen atoms in total. The van der Waals surface area contributed by atoms with E-state index in [4.69, 9.17) is 0 Å². The van der Waals surface area contributed by atoms with E-state index in [0.717, 1.165) is 11.9 Å². The fourth-order valence-electron chi connectivity index (χ4n) is 2.85. The molecular formula is C20H25IN6O. The highest BCUT2D eigenvalue weighted by Crippen LogP contribution is 2.19. The van der Waals surface area contributed by atoms with Gasteiger partial charge in [0.25, 0.3) is 0 Å². The number of guanidine groups is 1. The van der Waals surface area contributed by atoms with Gasteiger partial charge in [0.2, 0.25) is 5.91 Å². The highest BCUT2D eigenvalue weighted by molar-refractivity contribution is 14.0. The van der Waals surface area contributed by atoms with Crippen molar-refractivity contribution in [2.45, 2.75) is 13.3 Å². The van der Waals surface area contributed by atoms with Crippen molar-refractivity contribution in [2.24, 2.45) is 4.99 Å². The fraction of sp³-hybridized carbons (Fsp3) is 0.250. The first-order chi connectivity index (χ1) is 13.2. The van der Waals surface area contributed by atoms with Gasteiger partial charge in [-0.1, -0.05) is 12.1 Å². The van der Waals surface area contributed by atoms with E-state index in [1.165, 1.54) is 16.5 Å². The number of carbonyl (C=O) groups excluding carboxylic acids is 1. The number of nitrogens with one attached hydrogen (secondary N) is 4. The maximum Gasteiger partial charge on any atom is 0.243 e. The third kappa shape index (κ3) is 5.95. The normalized spacial score (nSPS) is 11.0. The number of anilines is 1. The summed E-state index contributed by atoms with van der Waals surface area (Å²) in [6.45, 7) is 2.92. The second-order valence-electron chi connectivity index (χ2n) is 6.26. The van der Waals surface area contributed by atoms with Crippen molar-refractivity contribution < 1.29 is 4.79 Å². The van der Waals surface area contributed by atoms with Crippen LogP contribution in [0.25, 0.3) is 10.9 Å². The van der Waals surface area contributed by atoms with Crippen molar-refractivity contribution in [3.63, 3.8) is 0 Å². The van der Waals surface area contributed by atoms with Gasteiger partial charge in [-0.2, -0.15) is 0 Å². The van der Waals surface area contributed by atoms with Gasteiger partial charge in [-0.3, -0.25) is 14.8 Å². The number of rotatable bonds is 6. The van der Waals surface area contributed by atoms with Gasteiger partial charge >= 0.3 is 0 Å². The number of aromatic amines is 1. The van der Waals surface area contributed by atoms with Crippen molar-refractivity contribution >= 4 is 52.4 Å². The van der Waals surface area contributed by atoms with Gasteiger partial charge in [0, 0.05) is 36.9 Å². The summed E-state index contributed by atoms with van der Waals surface area (Å²) in [5, 5.41) is 10.3. The Balaban J connectivity index is 0.00000280. The molecule has 0 bridgehead atoms. The highest BCUT2D eigenvalue weighted by Gasteiger charge is 2.06. The third-order valence-electron chi connectivity index (χ3n) is 4.19. The largest absolute Gasteiger partial charge is 0.361 e. The number of hydrogen-bond acceptors (Lipinski definition) is 3. The number of aliphatic imine (C=N–C) groups is 1. The van der Waals surface area contributed by atoms with Gasteiger partial charge in [0.15, 0.2) is 5.96 Å². The Morgan fingerprint density at radius 2 is 2.11 bits per heavy atom. The summed E-state index contributed by atoms with van der Waals surface area (Å²) in [6, 6.07) is 9.98. The van der Waals surface area contributed by atoms with Gasteiger partial charge in [0.1, 0.15) is 0 Å². The topological polar surface area (TPSA) is 94.2 Å². The van der Waals surface area contributed by atoms with Gasteiger partial charge in [-0.15, -0.1) is 24.0 Å². The number of carbonyl (C=O) groups is 1. The van der Waals surface area contributed by atoms with Crippen LogP contribution in [0, 0.1) is 6.92 Å². The van der Waals surface area contributed by atoms with E-state index in [2.05, 4.69) is 56.0 Å². The Kier molecular flexibility index (Phi) is 8.24. The second kappa shape index (κ2) is 10.6. The van der Waals surface area contributed by atoms with Crippen molar-refractivity contribution in [1.29, 1.82) is 0 Å². The molecule has 3 aromatic rings. The number of aromatic nitrogens is 2. The first-order valence-corrected chi connectivity index (χ1v) is 8.86. The molecular weight excluding hydrogens is 467 g/mol. The van der Waals surface area contributed by atoms with Crippen LogP contribution in [0.5, 0.6) is 0 Å². The lowest BCUT2D eigenvalue weighted by molar-refractivity contribution is -0.115. The molecule has 0 aliphatic heterocycles. The molecule has 28 heavy (non-hydrogen) atoms. The Morgan fingerprint density at radius 1 is 1.25 bits per heavy atom. The van der Waals surface area contributed by atoms with Gasteiger partial charge in [-0.25, -0.2) is 0 Å². The van der Waals surface area contributed by atoms with Crippen LogP contribution in [0.3, 0.4) is 0 Å². The Hall–Kier alpha value is -2.62. The summed E-state index contributed by atoms with van der Waals surface area (Å²) >= 11 is 0. The maximum atomic E-state index is 12.0. The van der Waals surface area contributed by atoms with E-state index in [-0.39, 0.29) is 36.4 Å². The molecule has 148 valence electrons. The van der Waals surface area contributed by atoms with Crippen LogP contribution >= 0.6 is 24.0 Å². The molecule has 2 heterocycles. The lowest BCUT2D eigenvalue weighted by Crippen LogP contribution is -2.42. The number of halogens is 1. The molecule has 0 saturated heterocycles. The summed E-state index contributed by atoms with van der Waals surface area (Å²) < 4.78 is 0. The predicted octanol–water partition coefficient (Wildman–Crippen LogP) is 2.84. The van der Waals surface area contributed by atoms with E-state index in [1.807, 2.05) is 6.20 Å². The first kappa shape index (κ1) is 21.7. The number of nitrogens with zero attached hydrogens (tertiary/aromatic N) is 2. The monoisotopic (exact) mass is 492 g/mol. The summed E-state index contributed by atoms with van der Waals surface area (Å²) in [7, 11) is 1.68. The molecule has 0 saturated carbocycles. The summed E-state index contributed by atoms with van der Waals surface area (Å²) in [5.41, 5.74) is 4.31. The molecule has 8 heteroatoms. The molecule has 1 amide bonds. The minimum atomic E-state index is -0.155. The third-order valence-corrected chi connectivity index (χ3v) is 4.19. The molecule has 0 aliphatic rings. The van der Waals surface area contributed by atoms with Gasteiger partial charge in [-0.05, 0) is 42.7 Å². The zero-order valence-corrected chi connectivity index (χ0v) is 18.3. The molecule has 4 N–H and O–H groups in total. The van der Waals surface area contributed by atoms with Gasteiger partial charge in [0.05, 0.1) is 18.4 Å². The van der Waals surface area contributed by atoms with Gasteiger partial charge < -0.3 is 20.9 Å². The molecule has 0 atom stereocenters. The highest BCUT2D eigenvalue weighted by atomic mass is 127. The van der Waals surface area contributed by atoms with Crippen LogP contribution in [0.15, 0.2) is 53.9 Å². The number of hydrogen-bond donors (Lipinski definition) is 4. The smallest absolute Gasteiger partial charge is 0.243 e. The van der Waals surface area contributed by atoms with E-state index >= 15 is 0 Å². The second-order valence-corrected chi connectivity index (χ2v) is 6.26. The van der Waals surface area contributed by atoms with Crippen molar-refractivity contribution in [3.05, 3.63) is 60.0 Å². The average Bonchev–Trinajstić information content (AvgIpc) is 3.07. The minimum absolute atomic E-state index is 0. The molecule has 2 aromatic heterocycles. The number of aryl methyl sites for hydroxylation is 1. The Morgan fingerprint density at radius 3 is 2.86 bits per heavy atom. The van der Waals surface area contributed by atoms with Crippen molar-refractivity contribution in [2.75, 3.05) is 25.5 Å². The van der Waals surface area contributed by atoms with E-state index in [9.17, 15) is 4.79 Å². The SMILES string of the molecule is CN=C(NCCc1c[nH]c2cc(C)ccc12)NCC(=O)Nc1cccnc1.I. The summed E-state index contributed by atoms with van der Waals surface area (Å²) in [4.78, 5) is 23.4. The number of amides is 1. The number of fused-ring (bicyclic) bond motifs is 1. The van der Waals surface area contributed by atoms with Crippen LogP contribution in [-0.4, -0.2) is 42.0 Å². The van der Waals surface area contributed by atoms with Crippen molar-refractivity contribution in [3.8, 4) is 0 Å². The quantitative estimate of drug-likeness (QED) is 0.242. The zero-order chi connectivity index (χ0) is 19.1. The maximum absolute atomic E-state index is 12.0. The molecule has 0 unspecified atom stereocenters. The van der Waals surface area contributed by atoms with Crippen LogP contribution in [0.4, 0.5) is 5.69 Å². The predicted molar refractivity (Wildman–Crippen MR) is 124 cm³/mol. The molecule has 1 aromatic carbocycles. The Labute approximate surface area is 181 Å². The van der Waals surface area contributed by atoms with E-state index < -0.39 is 0 Å². The lowest BCUT2D eigenvalue weighted by atomic mass is 10.1. The summed E-state index contributed by atoms with van der Waals surface area (Å²) in [6.07, 6.45) is 6.16. The van der Waals surface area contributed by atoms with E-state index in [0.29, 0.717) is 18.2 Å².